The van der Waals surface area contributed by atoms with Crippen molar-refractivity contribution >= 4 is 17.1 Å². The van der Waals surface area contributed by atoms with E-state index in [9.17, 15) is 20.2 Å². The number of rotatable bonds is 3. The SMILES string of the molecule is O=[N+]([O-])c1ccc(N2C[C@H]3CNC[C@H]3C2)c([N+](=O)[O-])c1. The molecule has 2 heterocycles. The Balaban J connectivity index is 1.93. The number of nitro groups is 2. The van der Waals surface area contributed by atoms with E-state index in [1.54, 1.807) is 0 Å². The second-order valence-corrected chi connectivity index (χ2v) is 5.27. The average Bonchev–Trinajstić information content (AvgIpc) is 2.98. The molecule has 2 fully saturated rings. The lowest BCUT2D eigenvalue weighted by atomic mass is 10.0. The third-order valence-electron chi connectivity index (χ3n) is 4.10. The highest BCUT2D eigenvalue weighted by molar-refractivity contribution is 5.67. The second kappa shape index (κ2) is 4.71. The van der Waals surface area contributed by atoms with Crippen LogP contribution in [0.4, 0.5) is 17.1 Å². The number of hydrogen-bond donors (Lipinski definition) is 1. The zero-order valence-corrected chi connectivity index (χ0v) is 10.7. The molecule has 3 rings (SSSR count). The fourth-order valence-electron chi connectivity index (χ4n) is 3.09. The molecule has 0 amide bonds. The summed E-state index contributed by atoms with van der Waals surface area (Å²) in [7, 11) is 0. The fourth-order valence-corrected chi connectivity index (χ4v) is 3.09. The lowest BCUT2D eigenvalue weighted by molar-refractivity contribution is -0.393. The van der Waals surface area contributed by atoms with Crippen molar-refractivity contribution in [2.24, 2.45) is 11.8 Å². The first kappa shape index (κ1) is 12.8. The third kappa shape index (κ3) is 2.07. The molecule has 8 heteroatoms. The normalized spacial score (nSPS) is 24.7. The van der Waals surface area contributed by atoms with E-state index < -0.39 is 9.85 Å². The quantitative estimate of drug-likeness (QED) is 0.657. The summed E-state index contributed by atoms with van der Waals surface area (Å²) < 4.78 is 0. The molecule has 106 valence electrons. The maximum Gasteiger partial charge on any atom is 0.299 e. The van der Waals surface area contributed by atoms with Crippen LogP contribution in [0, 0.1) is 32.1 Å². The van der Waals surface area contributed by atoms with Gasteiger partial charge in [-0.05, 0) is 17.9 Å². The number of nitrogens with one attached hydrogen (secondary N) is 1. The van der Waals surface area contributed by atoms with Crippen molar-refractivity contribution in [1.82, 2.24) is 5.32 Å². The van der Waals surface area contributed by atoms with Crippen LogP contribution in [0.5, 0.6) is 0 Å². The van der Waals surface area contributed by atoms with Gasteiger partial charge in [0.15, 0.2) is 0 Å². The van der Waals surface area contributed by atoms with Crippen molar-refractivity contribution in [1.29, 1.82) is 0 Å². The van der Waals surface area contributed by atoms with Gasteiger partial charge in [0.1, 0.15) is 5.69 Å². The summed E-state index contributed by atoms with van der Waals surface area (Å²) in [5.41, 5.74) is 0.0450. The molecule has 0 spiro atoms. The van der Waals surface area contributed by atoms with Gasteiger partial charge in [-0.1, -0.05) is 0 Å². The molecule has 8 nitrogen and oxygen atoms in total. The Morgan fingerprint density at radius 3 is 2.30 bits per heavy atom. The molecule has 0 radical (unpaired) electrons. The predicted molar refractivity (Wildman–Crippen MR) is 71.8 cm³/mol. The molecule has 0 saturated carbocycles. The first-order valence-corrected chi connectivity index (χ1v) is 6.45. The van der Waals surface area contributed by atoms with Crippen LogP contribution >= 0.6 is 0 Å². The van der Waals surface area contributed by atoms with Gasteiger partial charge in [-0.2, -0.15) is 0 Å². The molecule has 1 aromatic rings. The van der Waals surface area contributed by atoms with Gasteiger partial charge in [0, 0.05) is 32.2 Å². The van der Waals surface area contributed by atoms with E-state index in [4.69, 9.17) is 0 Å². The van der Waals surface area contributed by atoms with Gasteiger partial charge in [-0.15, -0.1) is 0 Å². The van der Waals surface area contributed by atoms with Crippen molar-refractivity contribution < 1.29 is 9.85 Å². The minimum atomic E-state index is -0.612. The first-order chi connectivity index (χ1) is 9.56. The van der Waals surface area contributed by atoms with Crippen LogP contribution < -0.4 is 10.2 Å². The zero-order chi connectivity index (χ0) is 14.3. The fraction of sp³-hybridized carbons (Fsp3) is 0.500. The summed E-state index contributed by atoms with van der Waals surface area (Å²) in [4.78, 5) is 22.7. The van der Waals surface area contributed by atoms with Gasteiger partial charge in [0.2, 0.25) is 0 Å². The maximum absolute atomic E-state index is 11.1. The summed E-state index contributed by atoms with van der Waals surface area (Å²) in [6, 6.07) is 3.86. The third-order valence-corrected chi connectivity index (χ3v) is 4.10. The van der Waals surface area contributed by atoms with Crippen molar-refractivity contribution in [2.75, 3.05) is 31.1 Å². The Bertz CT molecular complexity index is 565. The molecular weight excluding hydrogens is 264 g/mol. The number of nitrogens with zero attached hydrogens (tertiary/aromatic N) is 3. The summed E-state index contributed by atoms with van der Waals surface area (Å²) in [6.45, 7) is 3.39. The molecule has 20 heavy (non-hydrogen) atoms. The Labute approximate surface area is 114 Å². The van der Waals surface area contributed by atoms with Crippen LogP contribution in [0.3, 0.4) is 0 Å². The minimum Gasteiger partial charge on any atom is -0.365 e. The molecule has 1 aromatic carbocycles. The number of fused-ring (bicyclic) bond motifs is 1. The van der Waals surface area contributed by atoms with Crippen LogP contribution in [-0.4, -0.2) is 36.0 Å². The zero-order valence-electron chi connectivity index (χ0n) is 10.7. The predicted octanol–water partition coefficient (Wildman–Crippen LogP) is 1.16. The molecule has 1 N–H and O–H groups in total. The number of benzene rings is 1. The van der Waals surface area contributed by atoms with E-state index in [1.807, 2.05) is 4.90 Å². The van der Waals surface area contributed by atoms with E-state index in [-0.39, 0.29) is 11.4 Å². The molecule has 0 aliphatic carbocycles. The van der Waals surface area contributed by atoms with Gasteiger partial charge in [0.25, 0.3) is 11.4 Å². The summed E-state index contributed by atoms with van der Waals surface area (Å²) in [6.07, 6.45) is 0. The van der Waals surface area contributed by atoms with E-state index in [0.29, 0.717) is 17.5 Å². The largest absolute Gasteiger partial charge is 0.365 e. The highest BCUT2D eigenvalue weighted by Crippen LogP contribution is 2.37. The first-order valence-electron chi connectivity index (χ1n) is 6.45. The molecule has 0 bridgehead atoms. The lowest BCUT2D eigenvalue weighted by Gasteiger charge is -2.19. The van der Waals surface area contributed by atoms with Gasteiger partial charge < -0.3 is 10.2 Å². The number of non-ortho nitro benzene ring substituents is 1. The van der Waals surface area contributed by atoms with Crippen molar-refractivity contribution in [3.63, 3.8) is 0 Å². The Hall–Kier alpha value is -2.22. The monoisotopic (exact) mass is 278 g/mol. The highest BCUT2D eigenvalue weighted by Gasteiger charge is 2.38. The summed E-state index contributed by atoms with van der Waals surface area (Å²) in [5, 5.41) is 25.2. The summed E-state index contributed by atoms with van der Waals surface area (Å²) in [5.74, 6) is 1.01. The topological polar surface area (TPSA) is 102 Å². The van der Waals surface area contributed by atoms with Crippen molar-refractivity contribution in [3.05, 3.63) is 38.4 Å². The van der Waals surface area contributed by atoms with Crippen molar-refractivity contribution in [2.45, 2.75) is 0 Å². The van der Waals surface area contributed by atoms with E-state index >= 15 is 0 Å². The molecule has 2 saturated heterocycles. The lowest BCUT2D eigenvalue weighted by Crippen LogP contribution is -2.26. The van der Waals surface area contributed by atoms with Gasteiger partial charge in [0.05, 0.1) is 15.9 Å². The average molecular weight is 278 g/mol. The van der Waals surface area contributed by atoms with Crippen LogP contribution in [-0.2, 0) is 0 Å². The van der Waals surface area contributed by atoms with Gasteiger partial charge in [-0.3, -0.25) is 20.2 Å². The Kier molecular flexibility index (Phi) is 3.01. The Morgan fingerprint density at radius 2 is 1.75 bits per heavy atom. The van der Waals surface area contributed by atoms with Gasteiger partial charge >= 0.3 is 0 Å². The van der Waals surface area contributed by atoms with E-state index in [0.717, 1.165) is 32.2 Å². The van der Waals surface area contributed by atoms with Crippen LogP contribution in [0.1, 0.15) is 0 Å². The Morgan fingerprint density at radius 1 is 1.10 bits per heavy atom. The molecule has 0 aromatic heterocycles. The van der Waals surface area contributed by atoms with Crippen LogP contribution in [0.25, 0.3) is 0 Å². The number of hydrogen-bond acceptors (Lipinski definition) is 6. The smallest absolute Gasteiger partial charge is 0.299 e. The number of nitro benzene ring substituents is 2. The molecular formula is C12H14N4O4. The van der Waals surface area contributed by atoms with Crippen LogP contribution in [0.2, 0.25) is 0 Å². The summed E-state index contributed by atoms with van der Waals surface area (Å²) >= 11 is 0. The second-order valence-electron chi connectivity index (χ2n) is 5.27. The molecule has 2 atom stereocenters. The molecule has 2 aliphatic heterocycles. The van der Waals surface area contributed by atoms with Crippen molar-refractivity contribution in [3.8, 4) is 0 Å². The van der Waals surface area contributed by atoms with E-state index in [2.05, 4.69) is 5.32 Å². The molecule has 0 unspecified atom stereocenters. The standard InChI is InChI=1S/C12H14N4O4/c17-15(18)10-1-2-11(12(3-10)16(19)20)14-6-8-4-13-5-9(8)7-14/h1-3,8-9,13H,4-7H2/t8-,9+. The van der Waals surface area contributed by atoms with Gasteiger partial charge in [-0.25, -0.2) is 0 Å². The number of anilines is 1. The maximum atomic E-state index is 11.1. The highest BCUT2D eigenvalue weighted by atomic mass is 16.6. The minimum absolute atomic E-state index is 0.188. The van der Waals surface area contributed by atoms with E-state index in [1.165, 1.54) is 12.1 Å². The van der Waals surface area contributed by atoms with Crippen LogP contribution in [0.15, 0.2) is 18.2 Å². The molecule has 2 aliphatic rings.